The molecule has 0 saturated carbocycles. The van der Waals surface area contributed by atoms with Gasteiger partial charge in [0.05, 0.1) is 5.69 Å². The van der Waals surface area contributed by atoms with Crippen LogP contribution in [0.5, 0.6) is 5.75 Å². The number of hydrogen-bond acceptors (Lipinski definition) is 6. The van der Waals surface area contributed by atoms with Gasteiger partial charge in [-0.1, -0.05) is 52.4 Å². The molecule has 1 amide bonds. The second-order valence-corrected chi connectivity index (χ2v) is 8.57. The van der Waals surface area contributed by atoms with Crippen molar-refractivity contribution in [1.29, 1.82) is 0 Å². The molecule has 3 aromatic carbocycles. The van der Waals surface area contributed by atoms with Crippen LogP contribution in [0, 0.1) is 6.92 Å². The Bertz CT molecular complexity index is 1310. The lowest BCUT2D eigenvalue weighted by Crippen LogP contribution is -2.29. The highest BCUT2D eigenvalue weighted by Gasteiger charge is 2.30. The number of aldehydes is 1. The summed E-state index contributed by atoms with van der Waals surface area (Å²) < 4.78 is 44.6. The smallest absolute Gasteiger partial charge is 0.448 e. The summed E-state index contributed by atoms with van der Waals surface area (Å²) in [6, 6.07) is 18.0. The van der Waals surface area contributed by atoms with Crippen molar-refractivity contribution in [3.05, 3.63) is 82.9 Å². The Morgan fingerprint density at radius 3 is 2.18 bits per heavy atom. The third-order valence-corrected chi connectivity index (χ3v) is 6.08. The molecule has 9 heteroatoms. The van der Waals surface area contributed by atoms with Gasteiger partial charge in [-0.25, -0.2) is 4.79 Å². The van der Waals surface area contributed by atoms with Crippen molar-refractivity contribution in [2.75, 3.05) is 18.6 Å². The van der Waals surface area contributed by atoms with Crippen molar-refractivity contribution in [3.63, 3.8) is 0 Å². The minimum atomic E-state index is -5.31. The van der Waals surface area contributed by atoms with Crippen LogP contribution < -0.4 is 9.08 Å². The molecule has 0 aliphatic heterocycles. The Morgan fingerprint density at radius 1 is 1.06 bits per heavy atom. The molecule has 0 heterocycles. The number of carbonyl (C=O) groups is 2. The molecule has 1 aliphatic rings. The number of rotatable bonds is 6. The number of amides is 1. The average Bonchev–Trinajstić information content (AvgIpc) is 3.11. The van der Waals surface area contributed by atoms with Crippen LogP contribution in [0.2, 0.25) is 0 Å². The zero-order valence-electron chi connectivity index (χ0n) is 17.8. The summed E-state index contributed by atoms with van der Waals surface area (Å²) in [5, 5.41) is 0. The van der Waals surface area contributed by atoms with Crippen molar-refractivity contribution in [3.8, 4) is 16.9 Å². The number of hydrogen-bond donors (Lipinski definition) is 0. The van der Waals surface area contributed by atoms with Crippen LogP contribution in [0.3, 0.4) is 0 Å². The van der Waals surface area contributed by atoms with Gasteiger partial charge in [0.1, 0.15) is 12.4 Å². The van der Waals surface area contributed by atoms with Gasteiger partial charge >= 0.3 is 16.6 Å². The number of fused-ring (bicyclic) bond motifs is 3. The molecular weight excluding hydrogens is 449 g/mol. The fourth-order valence-corrected chi connectivity index (χ4v) is 4.44. The summed E-state index contributed by atoms with van der Waals surface area (Å²) in [7, 11) is -3.90. The van der Waals surface area contributed by atoms with E-state index < -0.39 is 22.3 Å². The lowest BCUT2D eigenvalue weighted by atomic mass is 9.98. The van der Waals surface area contributed by atoms with Gasteiger partial charge in [-0.05, 0) is 40.8 Å². The molecule has 0 aromatic heterocycles. The number of ether oxygens (including phenoxy) is 1. The molecular formula is C24H20FNO6S. The maximum atomic E-state index is 13.0. The molecule has 0 saturated heterocycles. The second-order valence-electron chi connectivity index (χ2n) is 7.61. The van der Waals surface area contributed by atoms with Gasteiger partial charge in [0.15, 0.2) is 6.29 Å². The molecule has 170 valence electrons. The quantitative estimate of drug-likeness (QED) is 0.381. The van der Waals surface area contributed by atoms with E-state index in [9.17, 15) is 21.9 Å². The first-order valence-corrected chi connectivity index (χ1v) is 11.3. The van der Waals surface area contributed by atoms with Crippen molar-refractivity contribution < 1.29 is 30.8 Å². The standard InChI is InChI=1S/C24H20FNO6S/c1-15-16(13-27)11-17(32-33(25,29)30)12-23(15)26(2)24(28)31-14-22-20-9-5-3-7-18(20)19-8-4-6-10-21(19)22/h3-13,22H,14H2,1-2H3. The van der Waals surface area contributed by atoms with Gasteiger partial charge in [0.25, 0.3) is 0 Å². The molecule has 0 spiro atoms. The SMILES string of the molecule is Cc1c(C=O)cc(OS(=O)(=O)F)cc1N(C)C(=O)OCC1c2ccccc2-c2ccccc21. The molecule has 0 N–H and O–H groups in total. The van der Waals surface area contributed by atoms with E-state index in [0.29, 0.717) is 11.8 Å². The number of nitrogens with zero attached hydrogens (tertiary/aromatic N) is 1. The summed E-state index contributed by atoms with van der Waals surface area (Å²) in [4.78, 5) is 25.4. The summed E-state index contributed by atoms with van der Waals surface area (Å²) in [6.07, 6.45) is -0.265. The van der Waals surface area contributed by atoms with E-state index in [0.717, 1.165) is 39.3 Å². The number of benzene rings is 3. The zero-order chi connectivity index (χ0) is 23.8. The lowest BCUT2D eigenvalue weighted by Gasteiger charge is -2.22. The van der Waals surface area contributed by atoms with Gasteiger partial charge in [-0.15, -0.1) is 0 Å². The van der Waals surface area contributed by atoms with Gasteiger partial charge < -0.3 is 8.92 Å². The predicted molar refractivity (Wildman–Crippen MR) is 121 cm³/mol. The second kappa shape index (κ2) is 8.67. The molecule has 7 nitrogen and oxygen atoms in total. The van der Waals surface area contributed by atoms with E-state index in [1.165, 1.54) is 7.05 Å². The minimum Gasteiger partial charge on any atom is -0.448 e. The maximum Gasteiger partial charge on any atom is 0.488 e. The molecule has 1 aliphatic carbocycles. The summed E-state index contributed by atoms with van der Waals surface area (Å²) in [5.41, 5.74) is 4.86. The van der Waals surface area contributed by atoms with E-state index in [4.69, 9.17) is 4.74 Å². The van der Waals surface area contributed by atoms with Gasteiger partial charge in [0.2, 0.25) is 0 Å². The topological polar surface area (TPSA) is 90.0 Å². The van der Waals surface area contributed by atoms with Crippen molar-refractivity contribution >= 4 is 28.6 Å². The Balaban J connectivity index is 1.58. The van der Waals surface area contributed by atoms with E-state index in [-0.39, 0.29) is 23.8 Å². The average molecular weight is 469 g/mol. The number of carbonyl (C=O) groups excluding carboxylic acids is 2. The molecule has 0 atom stereocenters. The van der Waals surface area contributed by atoms with Crippen molar-refractivity contribution in [2.45, 2.75) is 12.8 Å². The molecule has 3 aromatic rings. The van der Waals surface area contributed by atoms with E-state index in [2.05, 4.69) is 4.18 Å². The number of anilines is 1. The Hall–Kier alpha value is -3.72. The molecule has 0 unspecified atom stereocenters. The Kier molecular flexibility index (Phi) is 5.90. The first-order chi connectivity index (χ1) is 15.7. The van der Waals surface area contributed by atoms with Gasteiger partial charge in [-0.2, -0.15) is 8.42 Å². The van der Waals surface area contributed by atoms with Crippen LogP contribution in [-0.2, 0) is 15.2 Å². The van der Waals surface area contributed by atoms with Crippen LogP contribution in [0.4, 0.5) is 14.4 Å². The van der Waals surface area contributed by atoms with Crippen LogP contribution in [0.1, 0.15) is 33.0 Å². The fourth-order valence-electron chi connectivity index (χ4n) is 4.12. The van der Waals surface area contributed by atoms with Gasteiger partial charge in [0, 0.05) is 24.6 Å². The molecule has 0 radical (unpaired) electrons. The van der Waals surface area contributed by atoms with Crippen LogP contribution in [0.25, 0.3) is 11.1 Å². The molecule has 0 fully saturated rings. The molecule has 33 heavy (non-hydrogen) atoms. The first kappa shape index (κ1) is 22.5. The van der Waals surface area contributed by atoms with Crippen LogP contribution in [-0.4, -0.2) is 34.5 Å². The zero-order valence-corrected chi connectivity index (χ0v) is 18.6. The Morgan fingerprint density at radius 2 is 1.64 bits per heavy atom. The van der Waals surface area contributed by atoms with E-state index in [1.807, 2.05) is 48.5 Å². The number of halogens is 1. The predicted octanol–water partition coefficient (Wildman–Crippen LogP) is 4.79. The van der Waals surface area contributed by atoms with Crippen LogP contribution in [0.15, 0.2) is 60.7 Å². The molecule has 4 rings (SSSR count). The largest absolute Gasteiger partial charge is 0.488 e. The van der Waals surface area contributed by atoms with Crippen LogP contribution >= 0.6 is 0 Å². The minimum absolute atomic E-state index is 0.0458. The third-order valence-electron chi connectivity index (χ3n) is 5.69. The summed E-state index contributed by atoms with van der Waals surface area (Å²) in [6.45, 7) is 1.64. The fraction of sp³-hybridized carbons (Fsp3) is 0.167. The maximum absolute atomic E-state index is 13.0. The van der Waals surface area contributed by atoms with Gasteiger partial charge in [-0.3, -0.25) is 9.69 Å². The highest BCUT2D eigenvalue weighted by Crippen LogP contribution is 2.44. The van der Waals surface area contributed by atoms with Crippen molar-refractivity contribution in [1.82, 2.24) is 0 Å². The molecule has 0 bridgehead atoms. The third kappa shape index (κ3) is 4.45. The highest BCUT2D eigenvalue weighted by molar-refractivity contribution is 7.81. The monoisotopic (exact) mass is 469 g/mol. The normalized spacial score (nSPS) is 12.6. The lowest BCUT2D eigenvalue weighted by molar-refractivity contribution is 0.112. The van der Waals surface area contributed by atoms with E-state index in [1.54, 1.807) is 6.92 Å². The van der Waals surface area contributed by atoms with E-state index >= 15 is 0 Å². The summed E-state index contributed by atoms with van der Waals surface area (Å²) >= 11 is 0. The summed E-state index contributed by atoms with van der Waals surface area (Å²) in [5.74, 6) is -0.578. The Labute approximate surface area is 190 Å². The van der Waals surface area contributed by atoms with Crippen molar-refractivity contribution in [2.24, 2.45) is 0 Å². The first-order valence-electron chi connectivity index (χ1n) is 10.0. The highest BCUT2D eigenvalue weighted by atomic mass is 32.3.